The van der Waals surface area contributed by atoms with Crippen molar-refractivity contribution < 1.29 is 9.53 Å². The maximum absolute atomic E-state index is 12.0. The first-order valence-electron chi connectivity index (χ1n) is 8.07. The summed E-state index contributed by atoms with van der Waals surface area (Å²) in [5, 5.41) is 0.524. The molecule has 2 rings (SSSR count). The van der Waals surface area contributed by atoms with Crippen LogP contribution >= 0.6 is 11.6 Å². The van der Waals surface area contributed by atoms with Crippen LogP contribution in [0.15, 0.2) is 12.1 Å². The molecule has 1 aromatic rings. The number of nitrogen functional groups attached to an aromatic ring is 1. The Hall–Kier alpha value is -1.42. The summed E-state index contributed by atoms with van der Waals surface area (Å²) in [5.41, 5.74) is 7.99. The summed E-state index contributed by atoms with van der Waals surface area (Å²) in [7, 11) is 0. The zero-order valence-corrected chi connectivity index (χ0v) is 14.2. The van der Waals surface area contributed by atoms with Crippen molar-refractivity contribution in [2.24, 2.45) is 0 Å². The number of carbonyl (C=O) groups excluding carboxylic acids is 1. The number of carbonyl (C=O) groups is 1. The van der Waals surface area contributed by atoms with Crippen molar-refractivity contribution in [2.75, 3.05) is 23.8 Å². The first-order chi connectivity index (χ1) is 10.5. The molecule has 1 atom stereocenters. The van der Waals surface area contributed by atoms with E-state index in [4.69, 9.17) is 22.1 Å². The minimum absolute atomic E-state index is 0.361. The Morgan fingerprint density at radius 1 is 1.45 bits per heavy atom. The Kier molecular flexibility index (Phi) is 5.95. The minimum atomic E-state index is -0.361. The predicted octanol–water partition coefficient (Wildman–Crippen LogP) is 4.26. The lowest BCUT2D eigenvalue weighted by atomic mass is 10.0. The van der Waals surface area contributed by atoms with Crippen LogP contribution in [0.4, 0.5) is 11.4 Å². The highest BCUT2D eigenvalue weighted by atomic mass is 35.5. The molecule has 0 bridgehead atoms. The van der Waals surface area contributed by atoms with E-state index in [-0.39, 0.29) is 5.97 Å². The molecule has 0 saturated carbocycles. The predicted molar refractivity (Wildman–Crippen MR) is 91.7 cm³/mol. The third-order valence-electron chi connectivity index (χ3n) is 4.15. The number of rotatable bonds is 5. The van der Waals surface area contributed by atoms with Gasteiger partial charge in [0.1, 0.15) is 0 Å². The van der Waals surface area contributed by atoms with Crippen molar-refractivity contribution in [1.82, 2.24) is 0 Å². The molecule has 1 aliphatic heterocycles. The third-order valence-corrected chi connectivity index (χ3v) is 4.44. The highest BCUT2D eigenvalue weighted by molar-refractivity contribution is 6.34. The van der Waals surface area contributed by atoms with Crippen molar-refractivity contribution >= 4 is 28.9 Å². The Labute approximate surface area is 137 Å². The van der Waals surface area contributed by atoms with Crippen LogP contribution in [0.2, 0.25) is 5.02 Å². The number of anilines is 2. The smallest absolute Gasteiger partial charge is 0.338 e. The van der Waals surface area contributed by atoms with Crippen LogP contribution in [-0.2, 0) is 4.74 Å². The van der Waals surface area contributed by atoms with E-state index in [1.165, 1.54) is 6.42 Å². The topological polar surface area (TPSA) is 55.6 Å². The summed E-state index contributed by atoms with van der Waals surface area (Å²) < 4.78 is 5.22. The van der Waals surface area contributed by atoms with Gasteiger partial charge in [0, 0.05) is 12.6 Å². The third kappa shape index (κ3) is 3.86. The number of hydrogen-bond donors (Lipinski definition) is 1. The van der Waals surface area contributed by atoms with Gasteiger partial charge in [0.2, 0.25) is 0 Å². The summed E-state index contributed by atoms with van der Waals surface area (Å²) in [5.74, 6) is -0.361. The number of hydrogen-bond acceptors (Lipinski definition) is 4. The van der Waals surface area contributed by atoms with E-state index in [0.29, 0.717) is 28.9 Å². The average molecular weight is 325 g/mol. The SMILES string of the molecule is CCCCOC(=O)c1cc(N)c(N2CCCCC2C)c(Cl)c1. The molecular formula is C17H25ClN2O2. The number of unbranched alkanes of at least 4 members (excludes halogenated alkanes) is 1. The number of esters is 1. The van der Waals surface area contributed by atoms with Crippen molar-refractivity contribution in [2.45, 2.75) is 52.0 Å². The molecule has 1 heterocycles. The van der Waals surface area contributed by atoms with Crippen LogP contribution in [-0.4, -0.2) is 25.2 Å². The monoisotopic (exact) mass is 324 g/mol. The van der Waals surface area contributed by atoms with E-state index >= 15 is 0 Å². The summed E-state index contributed by atoms with van der Waals surface area (Å²) in [6.07, 6.45) is 5.36. The number of halogens is 1. The van der Waals surface area contributed by atoms with Crippen LogP contribution in [0.1, 0.15) is 56.3 Å². The van der Waals surface area contributed by atoms with E-state index in [0.717, 1.165) is 37.9 Å². The van der Waals surface area contributed by atoms with Gasteiger partial charge in [0.15, 0.2) is 0 Å². The van der Waals surface area contributed by atoms with Crippen LogP contribution in [0.3, 0.4) is 0 Å². The maximum atomic E-state index is 12.0. The Bertz CT molecular complexity index is 510. The van der Waals surface area contributed by atoms with E-state index in [9.17, 15) is 4.79 Å². The van der Waals surface area contributed by atoms with Gasteiger partial charge in [-0.15, -0.1) is 0 Å². The molecule has 0 aliphatic carbocycles. The lowest BCUT2D eigenvalue weighted by molar-refractivity contribution is 0.0500. The normalized spacial score (nSPS) is 18.3. The highest BCUT2D eigenvalue weighted by Crippen LogP contribution is 2.37. The molecule has 1 unspecified atom stereocenters. The Balaban J connectivity index is 2.19. The van der Waals surface area contributed by atoms with Crippen LogP contribution < -0.4 is 10.6 Å². The average Bonchev–Trinajstić information content (AvgIpc) is 2.48. The van der Waals surface area contributed by atoms with Crippen molar-refractivity contribution in [3.8, 4) is 0 Å². The lowest BCUT2D eigenvalue weighted by Crippen LogP contribution is -2.38. The van der Waals surface area contributed by atoms with Gasteiger partial charge < -0.3 is 15.4 Å². The van der Waals surface area contributed by atoms with E-state index in [2.05, 4.69) is 18.7 Å². The molecule has 4 nitrogen and oxygen atoms in total. The molecule has 22 heavy (non-hydrogen) atoms. The largest absolute Gasteiger partial charge is 0.462 e. The molecule has 0 aromatic heterocycles. The zero-order chi connectivity index (χ0) is 16.1. The zero-order valence-electron chi connectivity index (χ0n) is 13.4. The van der Waals surface area contributed by atoms with Gasteiger partial charge in [-0.25, -0.2) is 4.79 Å². The Morgan fingerprint density at radius 2 is 2.23 bits per heavy atom. The molecule has 122 valence electrons. The lowest BCUT2D eigenvalue weighted by Gasteiger charge is -2.36. The quantitative estimate of drug-likeness (QED) is 0.499. The fourth-order valence-corrected chi connectivity index (χ4v) is 3.20. The van der Waals surface area contributed by atoms with Gasteiger partial charge in [-0.2, -0.15) is 0 Å². The molecule has 1 saturated heterocycles. The summed E-state index contributed by atoms with van der Waals surface area (Å²) in [6.45, 7) is 5.61. The first-order valence-corrected chi connectivity index (χ1v) is 8.45. The van der Waals surface area contributed by atoms with Gasteiger partial charge in [0.05, 0.1) is 28.6 Å². The number of ether oxygens (including phenoxy) is 1. The maximum Gasteiger partial charge on any atom is 0.338 e. The number of benzene rings is 1. The van der Waals surface area contributed by atoms with Gasteiger partial charge >= 0.3 is 5.97 Å². The number of nitrogens with two attached hydrogens (primary N) is 1. The fraction of sp³-hybridized carbons (Fsp3) is 0.588. The first kappa shape index (κ1) is 16.9. The summed E-state index contributed by atoms with van der Waals surface area (Å²) in [6, 6.07) is 3.76. The van der Waals surface area contributed by atoms with Gasteiger partial charge in [-0.05, 0) is 44.7 Å². The molecule has 0 amide bonds. The van der Waals surface area contributed by atoms with E-state index < -0.39 is 0 Å². The van der Waals surface area contributed by atoms with Crippen LogP contribution in [0.25, 0.3) is 0 Å². The molecular weight excluding hydrogens is 300 g/mol. The standard InChI is InChI=1S/C17H25ClN2O2/c1-3-4-9-22-17(21)13-10-14(18)16(15(19)11-13)20-8-6-5-7-12(20)2/h10-12H,3-9,19H2,1-2H3. The van der Waals surface area contributed by atoms with E-state index in [1.807, 2.05) is 0 Å². The van der Waals surface area contributed by atoms with E-state index in [1.54, 1.807) is 12.1 Å². The van der Waals surface area contributed by atoms with Crippen molar-refractivity contribution in [3.05, 3.63) is 22.7 Å². The summed E-state index contributed by atoms with van der Waals surface area (Å²) >= 11 is 6.41. The van der Waals surface area contributed by atoms with Crippen molar-refractivity contribution in [1.29, 1.82) is 0 Å². The van der Waals surface area contributed by atoms with Gasteiger partial charge in [-0.3, -0.25) is 0 Å². The second-order valence-corrected chi connectivity index (χ2v) is 6.33. The molecule has 1 aromatic carbocycles. The second kappa shape index (κ2) is 7.73. The molecule has 1 fully saturated rings. The Morgan fingerprint density at radius 3 is 2.86 bits per heavy atom. The molecule has 0 radical (unpaired) electrons. The van der Waals surface area contributed by atoms with Gasteiger partial charge in [0.25, 0.3) is 0 Å². The minimum Gasteiger partial charge on any atom is -0.462 e. The van der Waals surface area contributed by atoms with Crippen LogP contribution in [0.5, 0.6) is 0 Å². The second-order valence-electron chi connectivity index (χ2n) is 5.92. The van der Waals surface area contributed by atoms with Crippen LogP contribution in [0, 0.1) is 0 Å². The molecule has 2 N–H and O–H groups in total. The fourth-order valence-electron chi connectivity index (χ4n) is 2.86. The number of nitrogens with zero attached hydrogens (tertiary/aromatic N) is 1. The van der Waals surface area contributed by atoms with Gasteiger partial charge in [-0.1, -0.05) is 24.9 Å². The molecule has 0 spiro atoms. The number of piperidine rings is 1. The molecule has 1 aliphatic rings. The van der Waals surface area contributed by atoms with Crippen molar-refractivity contribution in [3.63, 3.8) is 0 Å². The highest BCUT2D eigenvalue weighted by Gasteiger charge is 2.24. The molecule has 5 heteroatoms. The summed E-state index contributed by atoms with van der Waals surface area (Å²) in [4.78, 5) is 14.3.